The van der Waals surface area contributed by atoms with Crippen LogP contribution in [0.2, 0.25) is 18.1 Å². The zero-order valence-corrected chi connectivity index (χ0v) is 17.8. The van der Waals surface area contributed by atoms with E-state index in [4.69, 9.17) is 9.16 Å². The van der Waals surface area contributed by atoms with E-state index in [-0.39, 0.29) is 23.7 Å². The third kappa shape index (κ3) is 4.52. The summed E-state index contributed by atoms with van der Waals surface area (Å²) in [5, 5.41) is 10.2. The predicted octanol–water partition coefficient (Wildman–Crippen LogP) is 4.25. The van der Waals surface area contributed by atoms with Gasteiger partial charge in [-0.1, -0.05) is 32.9 Å². The Kier molecular flexibility index (Phi) is 6.91. The molecule has 0 amide bonds. The average molecular weight is 354 g/mol. The van der Waals surface area contributed by atoms with Crippen molar-refractivity contribution in [1.29, 1.82) is 0 Å². The molecule has 4 nitrogen and oxygen atoms in total. The second-order valence-electron chi connectivity index (χ2n) is 8.17. The van der Waals surface area contributed by atoms with Crippen LogP contribution in [0, 0.1) is 0 Å². The van der Waals surface area contributed by atoms with Gasteiger partial charge in [0.2, 0.25) is 0 Å². The summed E-state index contributed by atoms with van der Waals surface area (Å²) in [5.74, 6) is 0.696. The Morgan fingerprint density at radius 3 is 2.21 bits per heavy atom. The predicted molar refractivity (Wildman–Crippen MR) is 105 cm³/mol. The molecule has 1 N–H and O–H groups in total. The van der Waals surface area contributed by atoms with E-state index in [0.717, 1.165) is 17.0 Å². The van der Waals surface area contributed by atoms with E-state index in [0.29, 0.717) is 0 Å². The van der Waals surface area contributed by atoms with Crippen LogP contribution in [0.5, 0.6) is 5.75 Å². The van der Waals surface area contributed by atoms with Gasteiger partial charge in [-0.05, 0) is 31.1 Å². The van der Waals surface area contributed by atoms with Gasteiger partial charge in [0.25, 0.3) is 0 Å². The summed E-state index contributed by atoms with van der Waals surface area (Å²) >= 11 is 0. The minimum atomic E-state index is -1.91. The van der Waals surface area contributed by atoms with Crippen molar-refractivity contribution in [3.63, 3.8) is 0 Å². The smallest absolute Gasteiger partial charge is 0.192 e. The van der Waals surface area contributed by atoms with E-state index >= 15 is 0 Å². The van der Waals surface area contributed by atoms with E-state index in [2.05, 4.69) is 40.8 Å². The number of hydrogen-bond acceptors (Lipinski definition) is 4. The highest BCUT2D eigenvalue weighted by molar-refractivity contribution is 6.74. The molecule has 0 aliphatic rings. The highest BCUT2D eigenvalue weighted by Gasteiger charge is 2.40. The van der Waals surface area contributed by atoms with E-state index in [1.807, 2.05) is 37.2 Å². The van der Waals surface area contributed by atoms with Crippen LogP contribution >= 0.6 is 0 Å². The van der Waals surface area contributed by atoms with Crippen molar-refractivity contribution >= 4 is 14.0 Å². The molecular formula is C19H35NO3Si. The van der Waals surface area contributed by atoms with Gasteiger partial charge in [-0.2, -0.15) is 0 Å². The number of anilines is 1. The van der Waals surface area contributed by atoms with Crippen LogP contribution in [0.1, 0.15) is 39.2 Å². The Morgan fingerprint density at radius 2 is 1.79 bits per heavy atom. The van der Waals surface area contributed by atoms with Crippen molar-refractivity contribution in [3.05, 3.63) is 23.8 Å². The van der Waals surface area contributed by atoms with Gasteiger partial charge >= 0.3 is 0 Å². The molecule has 0 aliphatic heterocycles. The van der Waals surface area contributed by atoms with E-state index < -0.39 is 8.32 Å². The monoisotopic (exact) mass is 353 g/mol. The Bertz CT molecular complexity index is 538. The fourth-order valence-electron chi connectivity index (χ4n) is 2.63. The minimum Gasteiger partial charge on any atom is -0.494 e. The molecule has 0 radical (unpaired) electrons. The van der Waals surface area contributed by atoms with Crippen molar-refractivity contribution in [2.45, 2.75) is 57.8 Å². The van der Waals surface area contributed by atoms with Crippen LogP contribution in [0.4, 0.5) is 5.69 Å². The highest BCUT2D eigenvalue weighted by atomic mass is 28.4. The Balaban J connectivity index is 3.21. The maximum atomic E-state index is 10.1. The van der Waals surface area contributed by atoms with E-state index in [1.165, 1.54) is 0 Å². The van der Waals surface area contributed by atoms with Crippen LogP contribution in [0.25, 0.3) is 0 Å². The molecule has 5 heteroatoms. The molecule has 1 rings (SSSR count). The molecule has 2 atom stereocenters. The lowest BCUT2D eigenvalue weighted by molar-refractivity contribution is 0.126. The number of methoxy groups -OCH3 is 1. The number of rotatable bonds is 7. The summed E-state index contributed by atoms with van der Waals surface area (Å²) in [6, 6.07) is 6.06. The van der Waals surface area contributed by atoms with Crippen molar-refractivity contribution < 1.29 is 14.3 Å². The first-order valence-corrected chi connectivity index (χ1v) is 11.5. The van der Waals surface area contributed by atoms with E-state index in [9.17, 15) is 5.11 Å². The molecule has 1 aromatic rings. The quantitative estimate of drug-likeness (QED) is 0.744. The van der Waals surface area contributed by atoms with Crippen molar-refractivity contribution in [1.82, 2.24) is 0 Å². The first kappa shape index (κ1) is 21.0. The molecule has 1 aromatic carbocycles. The summed E-state index contributed by atoms with van der Waals surface area (Å²) < 4.78 is 12.2. The fourth-order valence-corrected chi connectivity index (χ4v) is 4.08. The normalized spacial score (nSPS) is 15.1. The lowest BCUT2D eigenvalue weighted by atomic mass is 9.93. The maximum Gasteiger partial charge on any atom is 0.192 e. The van der Waals surface area contributed by atoms with Gasteiger partial charge in [0.15, 0.2) is 8.32 Å². The number of aliphatic hydroxyl groups excluding tert-OH is 1. The molecule has 0 heterocycles. The second kappa shape index (κ2) is 7.89. The number of aliphatic hydroxyl groups is 1. The van der Waals surface area contributed by atoms with Gasteiger partial charge in [0.05, 0.1) is 25.5 Å². The molecule has 0 aromatic heterocycles. The van der Waals surface area contributed by atoms with Gasteiger partial charge in [0, 0.05) is 25.6 Å². The molecule has 0 fully saturated rings. The van der Waals surface area contributed by atoms with Gasteiger partial charge in [-0.3, -0.25) is 0 Å². The summed E-state index contributed by atoms with van der Waals surface area (Å²) in [4.78, 5) is 2.02. The summed E-state index contributed by atoms with van der Waals surface area (Å²) in [5.41, 5.74) is 2.00. The van der Waals surface area contributed by atoms with Crippen LogP contribution in [0.15, 0.2) is 18.2 Å². The lowest BCUT2D eigenvalue weighted by Gasteiger charge is -2.40. The molecule has 0 bridgehead atoms. The average Bonchev–Trinajstić information content (AvgIpc) is 2.45. The van der Waals surface area contributed by atoms with Crippen LogP contribution < -0.4 is 9.64 Å². The second-order valence-corrected chi connectivity index (χ2v) is 12.9. The van der Waals surface area contributed by atoms with Gasteiger partial charge in [0.1, 0.15) is 5.75 Å². The molecule has 24 heavy (non-hydrogen) atoms. The van der Waals surface area contributed by atoms with Crippen molar-refractivity contribution in [2.24, 2.45) is 0 Å². The van der Waals surface area contributed by atoms with Gasteiger partial charge in [-0.25, -0.2) is 0 Å². The summed E-state index contributed by atoms with van der Waals surface area (Å²) in [7, 11) is 3.76. The standard InChI is InChI=1S/C19H35NO3Si/c1-14(23-24(8,9)19(2,3)4)16(13-21)15-11-10-12-17(20(5)6)18(15)22-7/h10-12,14,16,21H,13H2,1-9H3/t14-,16?/m1/s1. The van der Waals surface area contributed by atoms with Crippen LogP contribution in [-0.2, 0) is 4.43 Å². The number of benzene rings is 1. The molecule has 138 valence electrons. The van der Waals surface area contributed by atoms with E-state index in [1.54, 1.807) is 7.11 Å². The fraction of sp³-hybridized carbons (Fsp3) is 0.684. The first-order valence-electron chi connectivity index (χ1n) is 8.59. The molecular weight excluding hydrogens is 318 g/mol. The number of ether oxygens (including phenoxy) is 1. The van der Waals surface area contributed by atoms with Crippen molar-refractivity contribution in [2.75, 3.05) is 32.7 Å². The first-order chi connectivity index (χ1) is 11.0. The van der Waals surface area contributed by atoms with Crippen LogP contribution in [-0.4, -0.2) is 47.3 Å². The third-order valence-electron chi connectivity index (χ3n) is 5.16. The number of hydrogen-bond donors (Lipinski definition) is 1. The largest absolute Gasteiger partial charge is 0.494 e. The molecule has 0 aliphatic carbocycles. The molecule has 0 spiro atoms. The topological polar surface area (TPSA) is 41.9 Å². The number of para-hydroxylation sites is 1. The zero-order chi connectivity index (χ0) is 18.7. The summed E-state index contributed by atoms with van der Waals surface area (Å²) in [6.07, 6.45) is -0.0813. The zero-order valence-electron chi connectivity index (χ0n) is 16.8. The highest BCUT2D eigenvalue weighted by Crippen LogP contribution is 2.41. The lowest BCUT2D eigenvalue weighted by Crippen LogP contribution is -2.45. The Morgan fingerprint density at radius 1 is 1.21 bits per heavy atom. The molecule has 0 saturated carbocycles. The third-order valence-corrected chi connectivity index (χ3v) is 9.73. The Labute approximate surface area is 148 Å². The van der Waals surface area contributed by atoms with Crippen LogP contribution in [0.3, 0.4) is 0 Å². The SMILES string of the molecule is COc1c(C(CO)[C@@H](C)O[Si](C)(C)C(C)(C)C)cccc1N(C)C. The minimum absolute atomic E-state index is 0.0308. The molecule has 1 unspecified atom stereocenters. The Hall–Kier alpha value is -1.04. The number of nitrogens with zero attached hydrogens (tertiary/aromatic N) is 1. The van der Waals surface area contributed by atoms with Crippen molar-refractivity contribution in [3.8, 4) is 5.75 Å². The maximum absolute atomic E-state index is 10.1. The van der Waals surface area contributed by atoms with Gasteiger partial charge in [-0.15, -0.1) is 0 Å². The molecule has 0 saturated heterocycles. The van der Waals surface area contributed by atoms with Gasteiger partial charge < -0.3 is 19.2 Å². The summed E-state index contributed by atoms with van der Waals surface area (Å²) in [6.45, 7) is 13.3.